The highest BCUT2D eigenvalue weighted by Gasteiger charge is 2.43. The van der Waals surface area contributed by atoms with Gasteiger partial charge < -0.3 is 24.0 Å². The summed E-state index contributed by atoms with van der Waals surface area (Å²) in [6.07, 6.45) is 6.12. The average molecular weight is 388 g/mol. The topological polar surface area (TPSA) is 85.0 Å². The van der Waals surface area contributed by atoms with E-state index in [9.17, 15) is 9.90 Å². The van der Waals surface area contributed by atoms with Gasteiger partial charge in [0.15, 0.2) is 5.58 Å². The van der Waals surface area contributed by atoms with Crippen LogP contribution in [0.3, 0.4) is 0 Å². The van der Waals surface area contributed by atoms with E-state index in [-0.39, 0.29) is 17.1 Å². The number of ether oxygens (including phenoxy) is 2. The van der Waals surface area contributed by atoms with Crippen molar-refractivity contribution in [3.63, 3.8) is 0 Å². The maximum absolute atomic E-state index is 12.3. The molecule has 1 aromatic carbocycles. The lowest BCUT2D eigenvalue weighted by Gasteiger charge is -2.37. The molecule has 1 saturated heterocycles. The van der Waals surface area contributed by atoms with E-state index in [1.54, 1.807) is 18.2 Å². The molecule has 2 heterocycles. The number of rotatable bonds is 6. The number of carbonyl (C=O) groups is 1. The molecule has 0 unspecified atom stereocenters. The van der Waals surface area contributed by atoms with Gasteiger partial charge in [-0.3, -0.25) is 4.79 Å². The Hall–Kier alpha value is -2.28. The number of nitrogens with zero attached hydrogens (tertiary/aromatic N) is 2. The molecule has 1 aliphatic carbocycles. The number of aromatic hydroxyl groups is 1. The first kappa shape index (κ1) is 19.1. The van der Waals surface area contributed by atoms with E-state index >= 15 is 0 Å². The molecule has 28 heavy (non-hydrogen) atoms. The zero-order chi connectivity index (χ0) is 19.6. The summed E-state index contributed by atoms with van der Waals surface area (Å²) in [6.45, 7) is 3.26. The van der Waals surface area contributed by atoms with E-state index in [2.05, 4.69) is 10.1 Å². The molecule has 7 heteroatoms. The number of likely N-dealkylation sites (tertiary alicyclic amines) is 1. The molecular weight excluding hydrogens is 360 g/mol. The summed E-state index contributed by atoms with van der Waals surface area (Å²) in [5.74, 6) is 0.846. The van der Waals surface area contributed by atoms with Gasteiger partial charge in [-0.1, -0.05) is 18.9 Å². The standard InChI is InChI=1S/C21H28N2O5/c1-26-20(25)21(9-2-3-10-21)14-23-11-7-15(8-12-23)13-27-19-18-16(24)5-4-6-17(18)28-22-19/h4-6,15,24H,2-3,7-14H2,1H3. The van der Waals surface area contributed by atoms with Crippen LogP contribution in [0.4, 0.5) is 0 Å². The predicted molar refractivity (Wildman–Crippen MR) is 103 cm³/mol. The van der Waals surface area contributed by atoms with Gasteiger partial charge in [0.05, 0.1) is 19.1 Å². The monoisotopic (exact) mass is 388 g/mol. The van der Waals surface area contributed by atoms with Gasteiger partial charge in [-0.2, -0.15) is 0 Å². The number of carbonyl (C=O) groups excluding carboxylic acids is 1. The molecular formula is C21H28N2O5. The van der Waals surface area contributed by atoms with Crippen LogP contribution in [0.5, 0.6) is 11.6 Å². The summed E-state index contributed by atoms with van der Waals surface area (Å²) < 4.78 is 16.2. The molecule has 0 bridgehead atoms. The highest BCUT2D eigenvalue weighted by molar-refractivity contribution is 5.88. The third-order valence-electron chi connectivity index (χ3n) is 6.31. The number of phenolic OH excluding ortho intramolecular Hbond substituents is 1. The molecule has 0 atom stereocenters. The van der Waals surface area contributed by atoms with Gasteiger partial charge in [0.25, 0.3) is 5.88 Å². The predicted octanol–water partition coefficient (Wildman–Crippen LogP) is 3.36. The first-order valence-electron chi connectivity index (χ1n) is 10.1. The summed E-state index contributed by atoms with van der Waals surface area (Å²) in [7, 11) is 1.50. The maximum atomic E-state index is 12.3. The van der Waals surface area contributed by atoms with Crippen LogP contribution in [0.2, 0.25) is 0 Å². The number of phenols is 1. The van der Waals surface area contributed by atoms with Crippen molar-refractivity contribution >= 4 is 16.9 Å². The van der Waals surface area contributed by atoms with Crippen LogP contribution >= 0.6 is 0 Å². The van der Waals surface area contributed by atoms with Gasteiger partial charge >= 0.3 is 5.97 Å². The summed E-state index contributed by atoms with van der Waals surface area (Å²) in [6, 6.07) is 5.08. The minimum atomic E-state index is -0.310. The van der Waals surface area contributed by atoms with Crippen molar-refractivity contribution in [2.45, 2.75) is 38.5 Å². The Morgan fingerprint density at radius 3 is 2.79 bits per heavy atom. The van der Waals surface area contributed by atoms with Crippen molar-refractivity contribution in [1.29, 1.82) is 0 Å². The molecule has 0 radical (unpaired) electrons. The second kappa shape index (κ2) is 7.99. The van der Waals surface area contributed by atoms with E-state index in [1.807, 2.05) is 0 Å². The average Bonchev–Trinajstić information content (AvgIpc) is 3.35. The number of hydrogen-bond donors (Lipinski definition) is 1. The van der Waals surface area contributed by atoms with E-state index in [1.165, 1.54) is 7.11 Å². The summed E-state index contributed by atoms with van der Waals surface area (Å²) in [5.41, 5.74) is 0.212. The summed E-state index contributed by atoms with van der Waals surface area (Å²) >= 11 is 0. The largest absolute Gasteiger partial charge is 0.507 e. The fourth-order valence-corrected chi connectivity index (χ4v) is 4.68. The lowest BCUT2D eigenvalue weighted by Crippen LogP contribution is -2.45. The maximum Gasteiger partial charge on any atom is 0.313 e. The minimum absolute atomic E-state index is 0.0480. The fourth-order valence-electron chi connectivity index (χ4n) is 4.68. The Morgan fingerprint density at radius 1 is 1.32 bits per heavy atom. The number of piperidine rings is 1. The number of methoxy groups -OCH3 is 1. The molecule has 1 aromatic heterocycles. The molecule has 2 fully saturated rings. The lowest BCUT2D eigenvalue weighted by molar-refractivity contribution is -0.154. The van der Waals surface area contributed by atoms with Gasteiger partial charge in [0, 0.05) is 6.54 Å². The Bertz CT molecular complexity index is 819. The fraction of sp³-hybridized carbons (Fsp3) is 0.619. The zero-order valence-electron chi connectivity index (χ0n) is 16.4. The minimum Gasteiger partial charge on any atom is -0.507 e. The van der Waals surface area contributed by atoms with Gasteiger partial charge in [0.2, 0.25) is 0 Å². The second-order valence-electron chi connectivity index (χ2n) is 8.15. The molecule has 1 aliphatic heterocycles. The molecule has 2 aromatic rings. The van der Waals surface area contributed by atoms with Crippen molar-refractivity contribution in [2.75, 3.05) is 33.4 Å². The van der Waals surface area contributed by atoms with Crippen LogP contribution in [-0.4, -0.2) is 54.5 Å². The Labute approximate surface area is 164 Å². The van der Waals surface area contributed by atoms with Crippen molar-refractivity contribution < 1.29 is 23.9 Å². The Balaban J connectivity index is 1.30. The SMILES string of the molecule is COC(=O)C1(CN2CCC(COc3noc4cccc(O)c34)CC2)CCCC1. The van der Waals surface area contributed by atoms with E-state index in [4.69, 9.17) is 14.0 Å². The molecule has 4 rings (SSSR count). The first-order valence-corrected chi connectivity index (χ1v) is 10.1. The summed E-state index contributed by atoms with van der Waals surface area (Å²) in [5, 5.41) is 14.5. The van der Waals surface area contributed by atoms with Crippen LogP contribution in [-0.2, 0) is 9.53 Å². The Kier molecular flexibility index (Phi) is 5.44. The third-order valence-corrected chi connectivity index (χ3v) is 6.31. The van der Waals surface area contributed by atoms with Crippen LogP contribution < -0.4 is 4.74 Å². The quantitative estimate of drug-likeness (QED) is 0.760. The van der Waals surface area contributed by atoms with Gasteiger partial charge in [-0.15, -0.1) is 0 Å². The smallest absolute Gasteiger partial charge is 0.313 e. The molecule has 1 N–H and O–H groups in total. The number of benzene rings is 1. The second-order valence-corrected chi connectivity index (χ2v) is 8.15. The number of fused-ring (bicyclic) bond motifs is 1. The van der Waals surface area contributed by atoms with E-state index in [0.717, 1.165) is 58.2 Å². The number of aromatic nitrogens is 1. The van der Waals surface area contributed by atoms with Crippen LogP contribution in [0.15, 0.2) is 22.7 Å². The summed E-state index contributed by atoms with van der Waals surface area (Å²) in [4.78, 5) is 14.7. The molecule has 152 valence electrons. The normalized spacial score (nSPS) is 20.5. The van der Waals surface area contributed by atoms with Crippen molar-refractivity contribution in [1.82, 2.24) is 10.1 Å². The number of hydrogen-bond acceptors (Lipinski definition) is 7. The van der Waals surface area contributed by atoms with Crippen LogP contribution in [0.25, 0.3) is 11.0 Å². The van der Waals surface area contributed by atoms with Crippen molar-refractivity contribution in [2.24, 2.45) is 11.3 Å². The Morgan fingerprint density at radius 2 is 2.07 bits per heavy atom. The third kappa shape index (κ3) is 3.68. The number of esters is 1. The zero-order valence-corrected chi connectivity index (χ0v) is 16.4. The molecule has 2 aliphatic rings. The molecule has 1 saturated carbocycles. The molecule has 7 nitrogen and oxygen atoms in total. The van der Waals surface area contributed by atoms with E-state index in [0.29, 0.717) is 29.4 Å². The van der Waals surface area contributed by atoms with Crippen molar-refractivity contribution in [3.05, 3.63) is 18.2 Å². The molecule has 0 amide bonds. The first-order chi connectivity index (χ1) is 13.6. The van der Waals surface area contributed by atoms with Gasteiger partial charge in [0.1, 0.15) is 11.1 Å². The molecule has 0 spiro atoms. The highest BCUT2D eigenvalue weighted by Crippen LogP contribution is 2.40. The van der Waals surface area contributed by atoms with Crippen LogP contribution in [0, 0.1) is 11.3 Å². The van der Waals surface area contributed by atoms with Gasteiger partial charge in [-0.05, 0) is 62.0 Å². The van der Waals surface area contributed by atoms with Gasteiger partial charge in [-0.25, -0.2) is 0 Å². The van der Waals surface area contributed by atoms with E-state index < -0.39 is 0 Å². The van der Waals surface area contributed by atoms with Crippen LogP contribution in [0.1, 0.15) is 38.5 Å². The highest BCUT2D eigenvalue weighted by atomic mass is 16.5. The lowest BCUT2D eigenvalue weighted by atomic mass is 9.84. The van der Waals surface area contributed by atoms with Crippen molar-refractivity contribution in [3.8, 4) is 11.6 Å².